The predicted octanol–water partition coefficient (Wildman–Crippen LogP) is 1.61. The number of hydrogen-bond acceptors (Lipinski definition) is 3. The Morgan fingerprint density at radius 3 is 2.71 bits per heavy atom. The Hall–Kier alpha value is -1.26. The number of carbonyl (C=O) groups is 1. The number of nitrogens with zero attached hydrogens (tertiary/aromatic N) is 1. The molecule has 1 saturated heterocycles. The molecule has 2 rings (SSSR count). The van der Waals surface area contributed by atoms with E-state index in [0.29, 0.717) is 23.7 Å². The molecule has 1 amide bonds. The fourth-order valence-electron chi connectivity index (χ4n) is 1.95. The summed E-state index contributed by atoms with van der Waals surface area (Å²) in [4.78, 5) is 13.9. The van der Waals surface area contributed by atoms with Crippen LogP contribution in [0.5, 0.6) is 5.75 Å². The first-order chi connectivity index (χ1) is 8.08. The van der Waals surface area contributed by atoms with E-state index in [9.17, 15) is 9.90 Å². The van der Waals surface area contributed by atoms with E-state index in [2.05, 4.69) is 0 Å². The Balaban J connectivity index is 2.16. The van der Waals surface area contributed by atoms with Gasteiger partial charge in [0.1, 0.15) is 5.75 Å². The summed E-state index contributed by atoms with van der Waals surface area (Å²) in [5.74, 6) is -0.0933. The number of hydrogen-bond donors (Lipinski definition) is 2. The molecule has 0 aromatic heterocycles. The van der Waals surface area contributed by atoms with Crippen molar-refractivity contribution in [3.8, 4) is 5.75 Å². The molecule has 1 aliphatic heterocycles. The van der Waals surface area contributed by atoms with Gasteiger partial charge in [0.2, 0.25) is 0 Å². The molecule has 1 aromatic rings. The molecule has 0 spiro atoms. The highest BCUT2D eigenvalue weighted by atomic mass is 35.5. The molecule has 1 aliphatic rings. The molecule has 0 atom stereocenters. The highest BCUT2D eigenvalue weighted by molar-refractivity contribution is 6.33. The summed E-state index contributed by atoms with van der Waals surface area (Å²) in [6, 6.07) is 4.57. The quantitative estimate of drug-likeness (QED) is 0.800. The molecule has 17 heavy (non-hydrogen) atoms. The van der Waals surface area contributed by atoms with Crippen molar-refractivity contribution in [3.05, 3.63) is 28.8 Å². The number of phenols is 1. The second-order valence-corrected chi connectivity index (χ2v) is 4.70. The van der Waals surface area contributed by atoms with E-state index in [-0.39, 0.29) is 17.7 Å². The lowest BCUT2D eigenvalue weighted by atomic mass is 10.0. The first-order valence-electron chi connectivity index (χ1n) is 5.61. The Morgan fingerprint density at radius 1 is 1.41 bits per heavy atom. The maximum Gasteiger partial charge on any atom is 0.255 e. The number of benzene rings is 1. The van der Waals surface area contributed by atoms with Crippen molar-refractivity contribution >= 4 is 17.5 Å². The minimum absolute atomic E-state index is 0.0476. The molecule has 92 valence electrons. The van der Waals surface area contributed by atoms with E-state index in [0.717, 1.165) is 12.8 Å². The maximum absolute atomic E-state index is 12.2. The van der Waals surface area contributed by atoms with Crippen molar-refractivity contribution in [1.82, 2.24) is 4.90 Å². The number of carbonyl (C=O) groups excluding carboxylic acids is 1. The van der Waals surface area contributed by atoms with Gasteiger partial charge in [0, 0.05) is 19.1 Å². The van der Waals surface area contributed by atoms with Crippen molar-refractivity contribution < 1.29 is 9.90 Å². The minimum atomic E-state index is -0.141. The summed E-state index contributed by atoms with van der Waals surface area (Å²) in [6.45, 7) is 1.29. The predicted molar refractivity (Wildman–Crippen MR) is 66.2 cm³/mol. The van der Waals surface area contributed by atoms with Crippen LogP contribution in [0.25, 0.3) is 0 Å². The average molecular weight is 255 g/mol. The number of amides is 1. The molecule has 1 aromatic carbocycles. The van der Waals surface area contributed by atoms with Gasteiger partial charge in [0.05, 0.1) is 10.6 Å². The normalized spacial score (nSPS) is 17.2. The molecule has 0 unspecified atom stereocenters. The zero-order valence-corrected chi connectivity index (χ0v) is 10.2. The lowest BCUT2D eigenvalue weighted by Crippen LogP contribution is -2.42. The van der Waals surface area contributed by atoms with Crippen LogP contribution in [-0.4, -0.2) is 35.0 Å². The number of aromatic hydroxyl groups is 1. The van der Waals surface area contributed by atoms with Gasteiger partial charge < -0.3 is 15.7 Å². The number of rotatable bonds is 1. The summed E-state index contributed by atoms with van der Waals surface area (Å²) < 4.78 is 0. The number of piperidine rings is 1. The van der Waals surface area contributed by atoms with Crippen LogP contribution in [0.1, 0.15) is 23.2 Å². The molecule has 5 heteroatoms. The standard InChI is InChI=1S/C12H15ClN2O2/c13-11-2-1-9(16)7-10(11)12(17)15-5-3-8(14)4-6-15/h1-2,7-8,16H,3-6,14H2. The fourth-order valence-corrected chi connectivity index (χ4v) is 2.15. The summed E-state index contributed by atoms with van der Waals surface area (Å²) in [5, 5.41) is 9.74. The molecule has 0 radical (unpaired) electrons. The number of likely N-dealkylation sites (tertiary alicyclic amines) is 1. The molecule has 4 nitrogen and oxygen atoms in total. The van der Waals surface area contributed by atoms with Gasteiger partial charge in [-0.1, -0.05) is 11.6 Å². The van der Waals surface area contributed by atoms with Gasteiger partial charge in [-0.15, -0.1) is 0 Å². The zero-order valence-electron chi connectivity index (χ0n) is 9.40. The van der Waals surface area contributed by atoms with Crippen molar-refractivity contribution in [1.29, 1.82) is 0 Å². The topological polar surface area (TPSA) is 66.6 Å². The Kier molecular flexibility index (Phi) is 3.54. The Morgan fingerprint density at radius 2 is 2.06 bits per heavy atom. The lowest BCUT2D eigenvalue weighted by molar-refractivity contribution is 0.0714. The Labute approximate surface area is 105 Å². The van der Waals surface area contributed by atoms with Gasteiger partial charge in [0.25, 0.3) is 5.91 Å². The lowest BCUT2D eigenvalue weighted by Gasteiger charge is -2.30. The number of halogens is 1. The number of nitrogens with two attached hydrogens (primary N) is 1. The van der Waals surface area contributed by atoms with Gasteiger partial charge in [-0.3, -0.25) is 4.79 Å². The van der Waals surface area contributed by atoms with E-state index in [1.54, 1.807) is 4.90 Å². The van der Waals surface area contributed by atoms with E-state index in [1.807, 2.05) is 0 Å². The Bertz CT molecular complexity index is 429. The van der Waals surface area contributed by atoms with E-state index >= 15 is 0 Å². The molecule has 0 bridgehead atoms. The summed E-state index contributed by atoms with van der Waals surface area (Å²) in [7, 11) is 0. The van der Waals surface area contributed by atoms with Crippen molar-refractivity contribution in [2.45, 2.75) is 18.9 Å². The number of phenolic OH excluding ortho intramolecular Hbond substituents is 1. The summed E-state index contributed by atoms with van der Waals surface area (Å²) >= 11 is 5.96. The van der Waals surface area contributed by atoms with Gasteiger partial charge >= 0.3 is 0 Å². The van der Waals surface area contributed by atoms with Crippen LogP contribution in [0.2, 0.25) is 5.02 Å². The van der Waals surface area contributed by atoms with Crippen LogP contribution in [0.15, 0.2) is 18.2 Å². The van der Waals surface area contributed by atoms with Gasteiger partial charge in [-0.25, -0.2) is 0 Å². The minimum Gasteiger partial charge on any atom is -0.508 e. The van der Waals surface area contributed by atoms with Crippen LogP contribution >= 0.6 is 11.6 Å². The molecule has 0 aliphatic carbocycles. The second kappa shape index (κ2) is 4.94. The molecular formula is C12H15ClN2O2. The van der Waals surface area contributed by atoms with Crippen LogP contribution in [0.3, 0.4) is 0 Å². The summed E-state index contributed by atoms with van der Waals surface area (Å²) in [6.07, 6.45) is 1.62. The SMILES string of the molecule is NC1CCN(C(=O)c2cc(O)ccc2Cl)CC1. The molecular weight excluding hydrogens is 240 g/mol. The van der Waals surface area contributed by atoms with Crippen LogP contribution in [-0.2, 0) is 0 Å². The van der Waals surface area contributed by atoms with Crippen molar-refractivity contribution in [2.24, 2.45) is 5.73 Å². The highest BCUT2D eigenvalue weighted by Gasteiger charge is 2.23. The summed E-state index contributed by atoms with van der Waals surface area (Å²) in [5.41, 5.74) is 6.13. The van der Waals surface area contributed by atoms with Gasteiger partial charge in [-0.05, 0) is 31.0 Å². The molecule has 0 saturated carbocycles. The first-order valence-corrected chi connectivity index (χ1v) is 5.99. The largest absolute Gasteiger partial charge is 0.508 e. The monoisotopic (exact) mass is 254 g/mol. The highest BCUT2D eigenvalue weighted by Crippen LogP contribution is 2.23. The van der Waals surface area contributed by atoms with Crippen LogP contribution in [0.4, 0.5) is 0 Å². The van der Waals surface area contributed by atoms with Crippen molar-refractivity contribution in [3.63, 3.8) is 0 Å². The van der Waals surface area contributed by atoms with Gasteiger partial charge in [-0.2, -0.15) is 0 Å². The zero-order chi connectivity index (χ0) is 12.4. The molecule has 1 heterocycles. The third-order valence-electron chi connectivity index (χ3n) is 3.01. The van der Waals surface area contributed by atoms with E-state index in [4.69, 9.17) is 17.3 Å². The van der Waals surface area contributed by atoms with E-state index in [1.165, 1.54) is 18.2 Å². The first kappa shape index (κ1) is 12.2. The second-order valence-electron chi connectivity index (χ2n) is 4.29. The van der Waals surface area contributed by atoms with Crippen LogP contribution in [0, 0.1) is 0 Å². The average Bonchev–Trinajstić information content (AvgIpc) is 2.32. The third-order valence-corrected chi connectivity index (χ3v) is 3.34. The van der Waals surface area contributed by atoms with Crippen LogP contribution < -0.4 is 5.73 Å². The smallest absolute Gasteiger partial charge is 0.255 e. The molecule has 1 fully saturated rings. The maximum atomic E-state index is 12.2. The fraction of sp³-hybridized carbons (Fsp3) is 0.417. The van der Waals surface area contributed by atoms with Crippen molar-refractivity contribution in [2.75, 3.05) is 13.1 Å². The third kappa shape index (κ3) is 2.70. The molecule has 3 N–H and O–H groups in total. The van der Waals surface area contributed by atoms with Gasteiger partial charge in [0.15, 0.2) is 0 Å². The van der Waals surface area contributed by atoms with E-state index < -0.39 is 0 Å².